The van der Waals surface area contributed by atoms with Gasteiger partial charge in [-0.2, -0.15) is 0 Å². The van der Waals surface area contributed by atoms with E-state index in [4.69, 9.17) is 4.74 Å². The maximum atomic E-state index is 13.0. The summed E-state index contributed by atoms with van der Waals surface area (Å²) in [5, 5.41) is 65.9. The molecule has 1 aliphatic rings. The lowest BCUT2D eigenvalue weighted by molar-refractivity contribution is -0.165. The summed E-state index contributed by atoms with van der Waals surface area (Å²) in [6.07, 6.45) is 4.22. The van der Waals surface area contributed by atoms with Crippen molar-refractivity contribution in [1.82, 2.24) is 4.98 Å². The Morgan fingerprint density at radius 1 is 1.20 bits per heavy atom. The molecule has 8 atom stereocenters. The molecule has 2 heterocycles. The van der Waals surface area contributed by atoms with Gasteiger partial charge in [0, 0.05) is 23.3 Å². The summed E-state index contributed by atoms with van der Waals surface area (Å²) in [6.45, 7) is 8.27. The SMILES string of the molecule is C/C=C(C)/C=C(\C)C(O)C(C)C(O)C1OC(=O)/C(C)=C/c2csc(n2)C(CO)C(O)CC(O)/C=C/C=C\CC1O. The number of cyclic esters (lactones) is 1. The Labute approximate surface area is 240 Å². The quantitative estimate of drug-likeness (QED) is 0.221. The molecule has 1 aromatic heterocycles. The fourth-order valence-corrected chi connectivity index (χ4v) is 5.24. The molecule has 6 N–H and O–H groups in total. The number of aliphatic hydroxyl groups is 6. The van der Waals surface area contributed by atoms with Gasteiger partial charge in [-0.15, -0.1) is 11.3 Å². The summed E-state index contributed by atoms with van der Waals surface area (Å²) in [5.41, 5.74) is 2.12. The highest BCUT2D eigenvalue weighted by Gasteiger charge is 2.37. The molecule has 222 valence electrons. The third-order valence-corrected chi connectivity index (χ3v) is 8.01. The third kappa shape index (κ3) is 9.59. The van der Waals surface area contributed by atoms with Crippen molar-refractivity contribution in [3.63, 3.8) is 0 Å². The lowest BCUT2D eigenvalue weighted by atomic mass is 9.87. The van der Waals surface area contributed by atoms with Gasteiger partial charge in [0.1, 0.15) is 5.01 Å². The lowest BCUT2D eigenvalue weighted by Gasteiger charge is -2.33. The average Bonchev–Trinajstić information content (AvgIpc) is 3.37. The average molecular weight is 578 g/mol. The van der Waals surface area contributed by atoms with E-state index in [2.05, 4.69) is 4.98 Å². The van der Waals surface area contributed by atoms with E-state index < -0.39 is 54.4 Å². The molecule has 8 unspecified atom stereocenters. The number of carbonyl (C=O) groups is 1. The first-order chi connectivity index (χ1) is 18.9. The molecule has 1 aromatic rings. The molecule has 0 radical (unpaired) electrons. The molecule has 10 heteroatoms. The second kappa shape index (κ2) is 16.1. The number of allylic oxidation sites excluding steroid dienone is 5. The fraction of sp³-hybridized carbons (Fsp3) is 0.533. The number of ether oxygens (including phenoxy) is 1. The molecule has 0 aromatic carbocycles. The van der Waals surface area contributed by atoms with Gasteiger partial charge in [0.2, 0.25) is 0 Å². The molecule has 2 bridgehead atoms. The number of nitrogens with zero attached hydrogens (tertiary/aromatic N) is 1. The van der Waals surface area contributed by atoms with Crippen LogP contribution in [-0.4, -0.2) is 84.8 Å². The van der Waals surface area contributed by atoms with Crippen molar-refractivity contribution in [2.24, 2.45) is 5.92 Å². The Morgan fingerprint density at radius 2 is 1.90 bits per heavy atom. The maximum absolute atomic E-state index is 13.0. The zero-order valence-electron chi connectivity index (χ0n) is 23.7. The summed E-state index contributed by atoms with van der Waals surface area (Å²) < 4.78 is 5.61. The van der Waals surface area contributed by atoms with E-state index in [0.29, 0.717) is 16.3 Å². The topological polar surface area (TPSA) is 161 Å². The molecule has 1 aliphatic heterocycles. The highest BCUT2D eigenvalue weighted by atomic mass is 32.1. The minimum absolute atomic E-state index is 0.0121. The first kappa shape index (κ1) is 33.8. The van der Waals surface area contributed by atoms with Crippen LogP contribution in [-0.2, 0) is 9.53 Å². The van der Waals surface area contributed by atoms with Gasteiger partial charge in [-0.25, -0.2) is 9.78 Å². The predicted octanol–water partition coefficient (Wildman–Crippen LogP) is 2.79. The minimum Gasteiger partial charge on any atom is -0.453 e. The molecule has 0 saturated carbocycles. The fourth-order valence-electron chi connectivity index (χ4n) is 4.32. The number of hydrogen-bond donors (Lipinski definition) is 6. The molecular formula is C30H43NO8S. The Balaban J connectivity index is 2.42. The van der Waals surface area contributed by atoms with Crippen LogP contribution in [0.25, 0.3) is 6.08 Å². The van der Waals surface area contributed by atoms with Gasteiger partial charge in [-0.05, 0) is 45.8 Å². The van der Waals surface area contributed by atoms with Gasteiger partial charge in [-0.3, -0.25) is 0 Å². The van der Waals surface area contributed by atoms with E-state index in [9.17, 15) is 35.4 Å². The molecule has 2 rings (SSSR count). The van der Waals surface area contributed by atoms with E-state index in [1.54, 1.807) is 43.5 Å². The largest absolute Gasteiger partial charge is 0.453 e. The summed E-state index contributed by atoms with van der Waals surface area (Å²) in [5.74, 6) is -2.27. The standard InChI is InChI=1S/C30H43NO8S/c1-6-17(2)12-18(3)26(36)20(5)27(37)28-24(34)11-9-7-8-10-22(33)14-25(35)23(15-32)29-31-21(16-40-29)13-19(4)30(38)39-28/h6-10,12-13,16,20,22-28,32-37H,11,14-15H2,1-5H3/b9-7-,10-8+,17-6+,18-12+,19-13+. The highest BCUT2D eigenvalue weighted by molar-refractivity contribution is 7.09. The molecule has 0 saturated heterocycles. The van der Waals surface area contributed by atoms with Gasteiger partial charge in [0.15, 0.2) is 6.10 Å². The van der Waals surface area contributed by atoms with Crippen molar-refractivity contribution in [2.45, 2.75) is 90.0 Å². The van der Waals surface area contributed by atoms with E-state index in [0.717, 1.165) is 5.57 Å². The third-order valence-electron chi connectivity index (χ3n) is 7.02. The summed E-state index contributed by atoms with van der Waals surface area (Å²) in [6, 6.07) is 0. The monoisotopic (exact) mass is 577 g/mol. The van der Waals surface area contributed by atoms with E-state index >= 15 is 0 Å². The zero-order valence-corrected chi connectivity index (χ0v) is 24.5. The summed E-state index contributed by atoms with van der Waals surface area (Å²) in [4.78, 5) is 17.5. The second-order valence-corrected chi connectivity index (χ2v) is 11.2. The Kier molecular flexibility index (Phi) is 13.6. The Hall–Kier alpha value is -2.44. The van der Waals surface area contributed by atoms with Crippen molar-refractivity contribution in [3.05, 3.63) is 69.3 Å². The first-order valence-electron chi connectivity index (χ1n) is 13.4. The van der Waals surface area contributed by atoms with Gasteiger partial charge in [-0.1, -0.05) is 49.0 Å². The number of aromatic nitrogens is 1. The normalized spacial score (nSPS) is 31.1. The molecule has 9 nitrogen and oxygen atoms in total. The van der Waals surface area contributed by atoms with Crippen LogP contribution in [0.1, 0.15) is 64.1 Å². The van der Waals surface area contributed by atoms with Crippen molar-refractivity contribution in [2.75, 3.05) is 6.61 Å². The highest BCUT2D eigenvalue weighted by Crippen LogP contribution is 2.28. The smallest absolute Gasteiger partial charge is 0.334 e. The van der Waals surface area contributed by atoms with Crippen LogP contribution in [0.5, 0.6) is 0 Å². The van der Waals surface area contributed by atoms with Crippen LogP contribution in [0.3, 0.4) is 0 Å². The van der Waals surface area contributed by atoms with Crippen molar-refractivity contribution < 1.29 is 40.2 Å². The number of esters is 1. The molecular weight excluding hydrogens is 534 g/mol. The van der Waals surface area contributed by atoms with Crippen molar-refractivity contribution >= 4 is 23.4 Å². The van der Waals surface area contributed by atoms with Crippen molar-refractivity contribution in [1.29, 1.82) is 0 Å². The van der Waals surface area contributed by atoms with Crippen molar-refractivity contribution in [3.8, 4) is 0 Å². The van der Waals surface area contributed by atoms with Gasteiger partial charge in [0.25, 0.3) is 0 Å². The van der Waals surface area contributed by atoms with Crippen LogP contribution in [0.4, 0.5) is 0 Å². The van der Waals surface area contributed by atoms with Crippen LogP contribution < -0.4 is 0 Å². The molecule has 0 amide bonds. The number of thiazole rings is 1. The van der Waals surface area contributed by atoms with Gasteiger partial charge >= 0.3 is 5.97 Å². The molecule has 0 aliphatic carbocycles. The lowest BCUT2D eigenvalue weighted by Crippen LogP contribution is -2.47. The Morgan fingerprint density at radius 3 is 2.55 bits per heavy atom. The van der Waals surface area contributed by atoms with Crippen LogP contribution >= 0.6 is 11.3 Å². The number of carbonyl (C=O) groups excluding carboxylic acids is 1. The summed E-state index contributed by atoms with van der Waals surface area (Å²) in [7, 11) is 0. The maximum Gasteiger partial charge on any atom is 0.334 e. The van der Waals surface area contributed by atoms with Gasteiger partial charge in [0.05, 0.1) is 48.7 Å². The van der Waals surface area contributed by atoms with E-state index in [1.807, 2.05) is 19.9 Å². The zero-order chi connectivity index (χ0) is 30.0. The van der Waals surface area contributed by atoms with Crippen LogP contribution in [0, 0.1) is 5.92 Å². The summed E-state index contributed by atoms with van der Waals surface area (Å²) >= 11 is 1.20. The first-order valence-corrected chi connectivity index (χ1v) is 14.3. The number of rotatable bonds is 6. The molecule has 40 heavy (non-hydrogen) atoms. The van der Waals surface area contributed by atoms with Crippen LogP contribution in [0.15, 0.2) is 58.6 Å². The predicted molar refractivity (Wildman–Crippen MR) is 155 cm³/mol. The van der Waals surface area contributed by atoms with E-state index in [1.165, 1.54) is 30.4 Å². The number of hydrogen-bond acceptors (Lipinski definition) is 10. The number of fused-ring (bicyclic) bond motifs is 2. The second-order valence-electron chi connectivity index (χ2n) is 10.3. The van der Waals surface area contributed by atoms with Gasteiger partial charge < -0.3 is 35.4 Å². The molecule has 0 fully saturated rings. The number of aliphatic hydroxyl groups excluding tert-OH is 6. The van der Waals surface area contributed by atoms with E-state index in [-0.39, 0.29) is 25.0 Å². The Bertz CT molecular complexity index is 1120. The van der Waals surface area contributed by atoms with Crippen LogP contribution in [0.2, 0.25) is 0 Å². The minimum atomic E-state index is -1.40. The molecule has 0 spiro atoms.